The molecule has 0 radical (unpaired) electrons. The molecule has 0 saturated carbocycles. The number of unbranched alkanes of at least 4 members (excludes halogenated alkanes) is 24. The van der Waals surface area contributed by atoms with Crippen molar-refractivity contribution in [2.45, 2.75) is 232 Å². The molecule has 0 heterocycles. The maximum absolute atomic E-state index is 13.9. The maximum atomic E-state index is 13.9. The van der Waals surface area contributed by atoms with Crippen LogP contribution in [0.2, 0.25) is 0 Å². The summed E-state index contributed by atoms with van der Waals surface area (Å²) in [4.78, 5) is 43.8. The van der Waals surface area contributed by atoms with Crippen molar-refractivity contribution in [2.75, 3.05) is 52.3 Å². The molecule has 342 valence electrons. The number of esters is 1. The monoisotopic (exact) mass is 836 g/mol. The van der Waals surface area contributed by atoms with E-state index >= 15 is 0 Å². The first-order chi connectivity index (χ1) is 28.3. The Morgan fingerprint density at radius 1 is 0.552 bits per heavy atom. The molecule has 0 aromatic rings. The minimum Gasteiger partial charge on any atom is -0.466 e. The van der Waals surface area contributed by atoms with Crippen LogP contribution in [0.5, 0.6) is 0 Å². The Kier molecular flexibility index (Phi) is 42.4. The van der Waals surface area contributed by atoms with Gasteiger partial charge < -0.3 is 19.9 Å². The van der Waals surface area contributed by atoms with Crippen molar-refractivity contribution in [1.29, 1.82) is 0 Å². The number of allylic oxidation sites excluding steroid dienone is 2. The van der Waals surface area contributed by atoms with Gasteiger partial charge in [0.1, 0.15) is 6.04 Å². The Balaban J connectivity index is 4.65. The van der Waals surface area contributed by atoms with Crippen molar-refractivity contribution in [3.63, 3.8) is 0 Å². The third-order valence-electron chi connectivity index (χ3n) is 11.5. The Hall–Kier alpha value is -1.54. The van der Waals surface area contributed by atoms with E-state index in [1.165, 1.54) is 154 Å². The number of thioether (sulfide) groups is 1. The fourth-order valence-electron chi connectivity index (χ4n) is 7.44. The van der Waals surface area contributed by atoms with Crippen LogP contribution in [0.15, 0.2) is 12.2 Å². The van der Waals surface area contributed by atoms with E-state index in [1.807, 2.05) is 21.1 Å². The lowest BCUT2D eigenvalue weighted by atomic mass is 9.92. The lowest BCUT2D eigenvalue weighted by Crippen LogP contribution is -2.50. The number of nitrogens with one attached hydrogen (secondary N) is 1. The van der Waals surface area contributed by atoms with Gasteiger partial charge in [0.05, 0.1) is 13.0 Å². The molecular formula is C50H97N3O4S. The number of rotatable bonds is 44. The van der Waals surface area contributed by atoms with Crippen LogP contribution in [0.3, 0.4) is 0 Å². The summed E-state index contributed by atoms with van der Waals surface area (Å²) in [5, 5.41) is 3.24. The Morgan fingerprint density at radius 3 is 1.48 bits per heavy atom. The van der Waals surface area contributed by atoms with Crippen LogP contribution < -0.4 is 5.32 Å². The van der Waals surface area contributed by atoms with Gasteiger partial charge in [-0.2, -0.15) is 11.8 Å². The van der Waals surface area contributed by atoms with Crippen LogP contribution in [-0.2, 0) is 19.1 Å². The van der Waals surface area contributed by atoms with E-state index in [2.05, 4.69) is 43.1 Å². The van der Waals surface area contributed by atoms with Crippen LogP contribution in [0, 0.1) is 5.92 Å². The summed E-state index contributed by atoms with van der Waals surface area (Å²) in [7, 11) is 5.87. The average Bonchev–Trinajstić information content (AvgIpc) is 3.21. The number of ether oxygens (including phenoxy) is 1. The lowest BCUT2D eigenvalue weighted by molar-refractivity contribution is -0.143. The topological polar surface area (TPSA) is 78.9 Å². The van der Waals surface area contributed by atoms with Gasteiger partial charge in [-0.3, -0.25) is 14.4 Å². The number of carbonyl (C=O) groups excluding carboxylic acids is 3. The maximum Gasteiger partial charge on any atom is 0.306 e. The molecule has 0 rings (SSSR count). The molecule has 0 aliphatic heterocycles. The minimum atomic E-state index is -0.545. The third kappa shape index (κ3) is 37.5. The molecule has 7 nitrogen and oxygen atoms in total. The molecule has 0 spiro atoms. The molecule has 0 aliphatic rings. The van der Waals surface area contributed by atoms with Crippen molar-refractivity contribution < 1.29 is 19.1 Å². The zero-order valence-electron chi connectivity index (χ0n) is 39.4. The molecule has 0 aliphatic carbocycles. The molecule has 0 saturated heterocycles. The van der Waals surface area contributed by atoms with E-state index in [0.29, 0.717) is 37.5 Å². The number of carbonyl (C=O) groups is 3. The highest BCUT2D eigenvalue weighted by molar-refractivity contribution is 7.99. The van der Waals surface area contributed by atoms with Crippen LogP contribution >= 0.6 is 11.8 Å². The fraction of sp³-hybridized carbons (Fsp3) is 0.900. The Bertz CT molecular complexity index is 961. The third-order valence-corrected chi connectivity index (χ3v) is 12.5. The van der Waals surface area contributed by atoms with Crippen molar-refractivity contribution >= 4 is 29.5 Å². The molecule has 2 atom stereocenters. The predicted octanol–water partition coefficient (Wildman–Crippen LogP) is 13.5. The molecule has 1 N–H and O–H groups in total. The van der Waals surface area contributed by atoms with Crippen molar-refractivity contribution in [3.05, 3.63) is 12.2 Å². The minimum absolute atomic E-state index is 0.0174. The standard InChI is InChI=1S/C50H97N3O4S/c1-7-10-13-16-19-21-22-23-24-25-26-27-28-30-33-36-43-57-48(54)40-45-58-44-39-47(50(56)53(6)42-41-52(4)5)51-49(55)46(37-34-31-18-15-12-9-3)38-35-32-29-20-17-14-11-8-2/h23-24,46-47H,7-22,25-45H2,1-6H3,(H,51,55)/b24-23-. The summed E-state index contributed by atoms with van der Waals surface area (Å²) in [6.07, 6.45) is 42.5. The second-order valence-electron chi connectivity index (χ2n) is 17.5. The largest absolute Gasteiger partial charge is 0.466 e. The molecule has 8 heteroatoms. The summed E-state index contributed by atoms with van der Waals surface area (Å²) in [6, 6.07) is -0.545. The highest BCUT2D eigenvalue weighted by atomic mass is 32.2. The molecule has 58 heavy (non-hydrogen) atoms. The summed E-state index contributed by atoms with van der Waals surface area (Å²) < 4.78 is 5.53. The first-order valence-electron chi connectivity index (χ1n) is 24.8. The Labute approximate surface area is 365 Å². The fourth-order valence-corrected chi connectivity index (χ4v) is 8.36. The second-order valence-corrected chi connectivity index (χ2v) is 18.7. The Morgan fingerprint density at radius 2 is 1.00 bits per heavy atom. The summed E-state index contributed by atoms with van der Waals surface area (Å²) in [6.45, 7) is 8.67. The quantitative estimate of drug-likeness (QED) is 0.0374. The van der Waals surface area contributed by atoms with Gasteiger partial charge in [-0.1, -0.05) is 181 Å². The molecule has 0 aromatic carbocycles. The first-order valence-corrected chi connectivity index (χ1v) is 26.0. The van der Waals surface area contributed by atoms with Crippen LogP contribution in [-0.4, -0.2) is 86.0 Å². The molecule has 0 fully saturated rings. The van der Waals surface area contributed by atoms with E-state index < -0.39 is 6.04 Å². The van der Waals surface area contributed by atoms with Gasteiger partial charge in [-0.25, -0.2) is 0 Å². The smallest absolute Gasteiger partial charge is 0.306 e. The van der Waals surface area contributed by atoms with Crippen LogP contribution in [0.4, 0.5) is 0 Å². The van der Waals surface area contributed by atoms with Crippen LogP contribution in [0.25, 0.3) is 0 Å². The molecular weight excluding hydrogens is 739 g/mol. The summed E-state index contributed by atoms with van der Waals surface area (Å²) >= 11 is 1.67. The van der Waals surface area contributed by atoms with E-state index in [-0.39, 0.29) is 23.7 Å². The van der Waals surface area contributed by atoms with Gasteiger partial charge in [-0.05, 0) is 71.2 Å². The predicted molar refractivity (Wildman–Crippen MR) is 254 cm³/mol. The molecule has 2 amide bonds. The zero-order valence-corrected chi connectivity index (χ0v) is 40.2. The summed E-state index contributed by atoms with van der Waals surface area (Å²) in [5.41, 5.74) is 0. The number of nitrogens with zero attached hydrogens (tertiary/aromatic N) is 2. The molecule has 0 bridgehead atoms. The van der Waals surface area contributed by atoms with Gasteiger partial charge in [0, 0.05) is 31.8 Å². The highest BCUT2D eigenvalue weighted by Crippen LogP contribution is 2.21. The summed E-state index contributed by atoms with van der Waals surface area (Å²) in [5.74, 6) is 1.23. The first kappa shape index (κ1) is 56.5. The van der Waals surface area contributed by atoms with Gasteiger partial charge in [0.15, 0.2) is 0 Å². The van der Waals surface area contributed by atoms with E-state index in [9.17, 15) is 14.4 Å². The van der Waals surface area contributed by atoms with Gasteiger partial charge in [0.25, 0.3) is 0 Å². The van der Waals surface area contributed by atoms with Gasteiger partial charge >= 0.3 is 5.97 Å². The van der Waals surface area contributed by atoms with Crippen LogP contribution in [0.1, 0.15) is 226 Å². The number of hydrogen-bond acceptors (Lipinski definition) is 6. The highest BCUT2D eigenvalue weighted by Gasteiger charge is 2.27. The average molecular weight is 836 g/mol. The van der Waals surface area contributed by atoms with E-state index in [1.54, 1.807) is 16.7 Å². The van der Waals surface area contributed by atoms with Crippen molar-refractivity contribution in [2.24, 2.45) is 5.92 Å². The lowest BCUT2D eigenvalue weighted by Gasteiger charge is -2.27. The van der Waals surface area contributed by atoms with E-state index in [4.69, 9.17) is 4.74 Å². The van der Waals surface area contributed by atoms with Gasteiger partial charge in [0.2, 0.25) is 11.8 Å². The normalized spacial score (nSPS) is 12.7. The number of amides is 2. The van der Waals surface area contributed by atoms with Gasteiger partial charge in [-0.15, -0.1) is 0 Å². The number of likely N-dealkylation sites (N-methyl/N-ethyl adjacent to an activating group) is 2. The van der Waals surface area contributed by atoms with Crippen molar-refractivity contribution in [3.8, 4) is 0 Å². The zero-order chi connectivity index (χ0) is 42.7. The van der Waals surface area contributed by atoms with Crippen molar-refractivity contribution in [1.82, 2.24) is 15.1 Å². The SMILES string of the molecule is CCCCCCCC/C=C\CCCCCCCCOC(=O)CCSCCC(NC(=O)C(CCCCCCCC)CCCCCCCCCC)C(=O)N(C)CCN(C)C. The molecule has 0 aromatic heterocycles. The number of hydrogen-bond donors (Lipinski definition) is 1. The molecule has 2 unspecified atom stereocenters. The van der Waals surface area contributed by atoms with E-state index in [0.717, 1.165) is 45.1 Å². The second kappa shape index (κ2) is 43.5.